The van der Waals surface area contributed by atoms with E-state index < -0.39 is 6.36 Å². The second kappa shape index (κ2) is 9.81. The molecule has 2 amide bonds. The number of rotatable bonds is 4. The number of hydrogen-bond donors (Lipinski definition) is 0. The lowest BCUT2D eigenvalue weighted by Gasteiger charge is -2.40. The zero-order chi connectivity index (χ0) is 24.5. The highest BCUT2D eigenvalue weighted by molar-refractivity contribution is 5.75. The van der Waals surface area contributed by atoms with Gasteiger partial charge in [0, 0.05) is 38.0 Å². The summed E-state index contributed by atoms with van der Waals surface area (Å²) in [5, 5.41) is 4.07. The molecule has 2 aliphatic rings. The van der Waals surface area contributed by atoms with Crippen LogP contribution in [0.25, 0.3) is 0 Å². The first kappa shape index (κ1) is 24.3. The number of amides is 2. The number of benzene rings is 1. The van der Waals surface area contributed by atoms with Crippen LogP contribution in [0.2, 0.25) is 0 Å². The quantitative estimate of drug-likeness (QED) is 0.642. The predicted molar refractivity (Wildman–Crippen MR) is 116 cm³/mol. The number of likely N-dealkylation sites (tertiary alicyclic amines) is 1. The van der Waals surface area contributed by atoms with Gasteiger partial charge < -0.3 is 23.8 Å². The lowest BCUT2D eigenvalue weighted by Crippen LogP contribution is -2.52. The largest absolute Gasteiger partial charge is 0.573 e. The Morgan fingerprint density at radius 1 is 1.15 bits per heavy atom. The van der Waals surface area contributed by atoms with Crippen molar-refractivity contribution in [1.82, 2.24) is 19.9 Å². The molecule has 2 fully saturated rings. The van der Waals surface area contributed by atoms with Crippen molar-refractivity contribution >= 4 is 6.03 Å². The number of urea groups is 1. The maximum absolute atomic E-state index is 13.3. The van der Waals surface area contributed by atoms with Crippen molar-refractivity contribution < 1.29 is 32.0 Å². The molecule has 3 heterocycles. The first-order chi connectivity index (χ1) is 16.1. The lowest BCUT2D eigenvalue weighted by molar-refractivity contribution is -0.274. The molecule has 1 aromatic carbocycles. The molecular weight excluding hydrogens is 453 g/mol. The van der Waals surface area contributed by atoms with Gasteiger partial charge in [-0.2, -0.15) is 4.98 Å². The van der Waals surface area contributed by atoms with Gasteiger partial charge in [-0.3, -0.25) is 0 Å². The molecule has 0 saturated carbocycles. The number of nitrogens with zero attached hydrogens (tertiary/aromatic N) is 4. The summed E-state index contributed by atoms with van der Waals surface area (Å²) in [6.45, 7) is 8.42. The summed E-state index contributed by atoms with van der Waals surface area (Å²) in [5.74, 6) is 0.650. The van der Waals surface area contributed by atoms with Gasteiger partial charge in [-0.25, -0.2) is 4.79 Å². The number of morpholine rings is 1. The van der Waals surface area contributed by atoms with Crippen LogP contribution in [0.3, 0.4) is 0 Å². The molecule has 2 unspecified atom stereocenters. The number of carbonyl (C=O) groups excluding carboxylic acids is 1. The second-order valence-electron chi connectivity index (χ2n) is 9.13. The molecule has 0 spiro atoms. The number of aromatic nitrogens is 2. The number of ether oxygens (including phenoxy) is 2. The Balaban J connectivity index is 1.60. The molecule has 0 N–H and O–H groups in total. The van der Waals surface area contributed by atoms with Gasteiger partial charge >= 0.3 is 12.4 Å². The standard InChI is InChI=1S/C23H29F3N4O4/c1-14(2)20-27-21(34-28-20)18-11-17(12-30(13-18)22(31)29-6-8-32-9-7-29)16-4-5-19(15(3)10-16)33-23(24,25)26/h4-5,10,14,17-18H,6-9,11-13H2,1-3H3. The van der Waals surface area contributed by atoms with E-state index >= 15 is 0 Å². The SMILES string of the molecule is Cc1cc(C2CC(c3nc(C(C)C)no3)CN(C(=O)N3CCOCC3)C2)ccc1OC(F)(F)F. The van der Waals surface area contributed by atoms with Crippen LogP contribution in [0.1, 0.15) is 60.9 Å². The Bertz CT molecular complexity index is 1000. The zero-order valence-corrected chi connectivity index (χ0v) is 19.5. The first-order valence-electron chi connectivity index (χ1n) is 11.4. The van der Waals surface area contributed by atoms with E-state index in [-0.39, 0.29) is 29.5 Å². The molecule has 2 aliphatic heterocycles. The molecule has 1 aromatic heterocycles. The fourth-order valence-corrected chi connectivity index (χ4v) is 4.44. The van der Waals surface area contributed by atoms with Gasteiger partial charge in [0.15, 0.2) is 5.82 Å². The Labute approximate surface area is 196 Å². The smallest absolute Gasteiger partial charge is 0.406 e. The number of aryl methyl sites for hydroxylation is 1. The van der Waals surface area contributed by atoms with Crippen LogP contribution < -0.4 is 4.74 Å². The third kappa shape index (κ3) is 5.63. The first-order valence-corrected chi connectivity index (χ1v) is 11.4. The molecule has 0 aliphatic carbocycles. The summed E-state index contributed by atoms with van der Waals surface area (Å²) >= 11 is 0. The van der Waals surface area contributed by atoms with Gasteiger partial charge in [-0.05, 0) is 30.5 Å². The number of hydrogen-bond acceptors (Lipinski definition) is 6. The molecule has 11 heteroatoms. The van der Waals surface area contributed by atoms with E-state index in [9.17, 15) is 18.0 Å². The minimum absolute atomic E-state index is 0.0876. The van der Waals surface area contributed by atoms with Gasteiger partial charge in [-0.15, -0.1) is 13.2 Å². The van der Waals surface area contributed by atoms with E-state index in [1.165, 1.54) is 6.07 Å². The third-order valence-corrected chi connectivity index (χ3v) is 6.22. The van der Waals surface area contributed by atoms with Crippen LogP contribution >= 0.6 is 0 Å². The van der Waals surface area contributed by atoms with Crippen molar-refractivity contribution in [2.45, 2.75) is 51.3 Å². The summed E-state index contributed by atoms with van der Waals surface area (Å²) in [7, 11) is 0. The summed E-state index contributed by atoms with van der Waals surface area (Å²) in [6.07, 6.45) is -4.12. The van der Waals surface area contributed by atoms with Crippen molar-refractivity contribution in [3.63, 3.8) is 0 Å². The van der Waals surface area contributed by atoms with Crippen LogP contribution in [0.5, 0.6) is 5.75 Å². The predicted octanol–water partition coefficient (Wildman–Crippen LogP) is 4.43. The van der Waals surface area contributed by atoms with Crippen LogP contribution in [-0.2, 0) is 4.74 Å². The van der Waals surface area contributed by atoms with E-state index in [0.717, 1.165) is 5.56 Å². The summed E-state index contributed by atoms with van der Waals surface area (Å²) in [5.41, 5.74) is 1.21. The van der Waals surface area contributed by atoms with Crippen molar-refractivity contribution in [2.75, 3.05) is 39.4 Å². The molecule has 2 saturated heterocycles. The Kier molecular flexibility index (Phi) is 7.01. The molecule has 2 aromatic rings. The number of carbonyl (C=O) groups is 1. The molecule has 2 atom stereocenters. The molecular formula is C23H29F3N4O4. The average Bonchev–Trinajstić information content (AvgIpc) is 3.30. The van der Waals surface area contributed by atoms with Crippen LogP contribution in [0, 0.1) is 6.92 Å². The minimum atomic E-state index is -4.75. The van der Waals surface area contributed by atoms with Crippen molar-refractivity contribution in [3.8, 4) is 5.75 Å². The van der Waals surface area contributed by atoms with E-state index in [1.807, 2.05) is 13.8 Å². The maximum atomic E-state index is 13.3. The molecule has 8 nitrogen and oxygen atoms in total. The van der Waals surface area contributed by atoms with Gasteiger partial charge in [0.1, 0.15) is 5.75 Å². The monoisotopic (exact) mass is 482 g/mol. The Hall–Kier alpha value is -2.82. The highest BCUT2D eigenvalue weighted by atomic mass is 19.4. The summed E-state index contributed by atoms with van der Waals surface area (Å²) < 4.78 is 53.1. The summed E-state index contributed by atoms with van der Waals surface area (Å²) in [4.78, 5) is 21.4. The molecule has 0 radical (unpaired) electrons. The van der Waals surface area contributed by atoms with Crippen molar-refractivity contribution in [2.24, 2.45) is 0 Å². The average molecular weight is 483 g/mol. The number of alkyl halides is 3. The third-order valence-electron chi connectivity index (χ3n) is 6.22. The number of halogens is 3. The fourth-order valence-electron chi connectivity index (χ4n) is 4.44. The topological polar surface area (TPSA) is 80.9 Å². The Morgan fingerprint density at radius 2 is 1.85 bits per heavy atom. The minimum Gasteiger partial charge on any atom is -0.406 e. The van der Waals surface area contributed by atoms with E-state index in [2.05, 4.69) is 14.9 Å². The van der Waals surface area contributed by atoms with Crippen LogP contribution in [0.4, 0.5) is 18.0 Å². The maximum Gasteiger partial charge on any atom is 0.573 e. The van der Waals surface area contributed by atoms with Gasteiger partial charge in [0.05, 0.1) is 19.1 Å². The zero-order valence-electron chi connectivity index (χ0n) is 19.5. The second-order valence-corrected chi connectivity index (χ2v) is 9.13. The Morgan fingerprint density at radius 3 is 2.47 bits per heavy atom. The highest BCUT2D eigenvalue weighted by Crippen LogP contribution is 2.38. The van der Waals surface area contributed by atoms with Gasteiger partial charge in [0.2, 0.25) is 5.89 Å². The van der Waals surface area contributed by atoms with Crippen molar-refractivity contribution in [3.05, 3.63) is 41.0 Å². The van der Waals surface area contributed by atoms with E-state index in [0.29, 0.717) is 63.1 Å². The normalized spacial score (nSPS) is 21.7. The number of piperidine rings is 1. The van der Waals surface area contributed by atoms with E-state index in [4.69, 9.17) is 9.26 Å². The van der Waals surface area contributed by atoms with Gasteiger partial charge in [-0.1, -0.05) is 31.1 Å². The molecule has 186 valence electrons. The molecule has 34 heavy (non-hydrogen) atoms. The lowest BCUT2D eigenvalue weighted by atomic mass is 9.84. The van der Waals surface area contributed by atoms with Crippen LogP contribution in [0.15, 0.2) is 22.7 Å². The fraction of sp³-hybridized carbons (Fsp3) is 0.609. The molecule has 0 bridgehead atoms. The van der Waals surface area contributed by atoms with E-state index in [1.54, 1.807) is 28.9 Å². The van der Waals surface area contributed by atoms with Crippen molar-refractivity contribution in [1.29, 1.82) is 0 Å². The summed E-state index contributed by atoms with van der Waals surface area (Å²) in [6, 6.07) is 4.57. The highest BCUT2D eigenvalue weighted by Gasteiger charge is 2.37. The van der Waals surface area contributed by atoms with Gasteiger partial charge in [0.25, 0.3) is 0 Å². The van der Waals surface area contributed by atoms with Crippen LogP contribution in [-0.4, -0.2) is 71.7 Å². The molecule has 4 rings (SSSR count).